The fourth-order valence-electron chi connectivity index (χ4n) is 0.660. The Kier molecular flexibility index (Phi) is 2.77. The van der Waals surface area contributed by atoms with Crippen LogP contribution in [0.15, 0.2) is 17.3 Å². The summed E-state index contributed by atoms with van der Waals surface area (Å²) < 4.78 is 6.67. The van der Waals surface area contributed by atoms with E-state index in [0.29, 0.717) is 6.61 Å². The lowest BCUT2D eigenvalue weighted by molar-refractivity contribution is 0.183. The van der Waals surface area contributed by atoms with Gasteiger partial charge in [-0.2, -0.15) is 5.10 Å². The molecule has 10 heavy (non-hydrogen) atoms. The summed E-state index contributed by atoms with van der Waals surface area (Å²) in [6.07, 6.45) is 3.57. The van der Waals surface area contributed by atoms with Gasteiger partial charge in [-0.25, -0.2) is 0 Å². The molecule has 1 aromatic rings. The zero-order chi connectivity index (χ0) is 7.40. The molecule has 0 bridgehead atoms. The first-order valence-electron chi connectivity index (χ1n) is 3.03. The number of nitrogens with zero attached hydrogens (tertiary/aromatic N) is 2. The van der Waals surface area contributed by atoms with Crippen molar-refractivity contribution in [3.05, 3.63) is 12.4 Å². The zero-order valence-corrected chi connectivity index (χ0v) is 6.71. The molecule has 0 spiro atoms. The number of thiol groups is 1. The Morgan fingerprint density at radius 3 is 3.10 bits per heavy atom. The molecule has 0 amide bonds. The van der Waals surface area contributed by atoms with E-state index in [4.69, 9.17) is 4.74 Å². The highest BCUT2D eigenvalue weighted by atomic mass is 32.1. The molecular formula is C6H10N2OS. The summed E-state index contributed by atoms with van der Waals surface area (Å²) in [6.45, 7) is 1.48. The largest absolute Gasteiger partial charge is 0.383 e. The Hall–Kier alpha value is -0.480. The molecule has 0 aliphatic rings. The molecule has 4 heteroatoms. The predicted octanol–water partition coefficient (Wildman–Crippen LogP) is 0.818. The molecule has 0 saturated carbocycles. The van der Waals surface area contributed by atoms with Crippen LogP contribution in [0.25, 0.3) is 0 Å². The van der Waals surface area contributed by atoms with Gasteiger partial charge in [0.05, 0.1) is 19.3 Å². The van der Waals surface area contributed by atoms with Gasteiger partial charge in [-0.15, -0.1) is 12.6 Å². The number of methoxy groups -OCH3 is 1. The molecule has 1 aromatic heterocycles. The number of hydrogen-bond acceptors (Lipinski definition) is 3. The molecule has 0 aromatic carbocycles. The molecule has 0 atom stereocenters. The van der Waals surface area contributed by atoms with Gasteiger partial charge in [0.25, 0.3) is 0 Å². The quantitative estimate of drug-likeness (QED) is 0.659. The van der Waals surface area contributed by atoms with Crippen LogP contribution in [-0.2, 0) is 11.3 Å². The maximum Gasteiger partial charge on any atom is 0.0658 e. The van der Waals surface area contributed by atoms with E-state index < -0.39 is 0 Å². The third-order valence-corrected chi connectivity index (χ3v) is 1.38. The van der Waals surface area contributed by atoms with Crippen LogP contribution in [-0.4, -0.2) is 23.5 Å². The fraction of sp³-hybridized carbons (Fsp3) is 0.500. The maximum atomic E-state index is 4.87. The van der Waals surface area contributed by atoms with Crippen LogP contribution in [0.5, 0.6) is 0 Å². The van der Waals surface area contributed by atoms with E-state index in [0.717, 1.165) is 11.4 Å². The van der Waals surface area contributed by atoms with Crippen LogP contribution in [0, 0.1) is 0 Å². The third kappa shape index (κ3) is 2.04. The Balaban J connectivity index is 2.42. The van der Waals surface area contributed by atoms with E-state index in [1.54, 1.807) is 18.0 Å². The number of rotatable bonds is 3. The van der Waals surface area contributed by atoms with E-state index in [9.17, 15) is 0 Å². The molecule has 56 valence electrons. The van der Waals surface area contributed by atoms with E-state index in [1.165, 1.54) is 0 Å². The van der Waals surface area contributed by atoms with Gasteiger partial charge in [0.2, 0.25) is 0 Å². The van der Waals surface area contributed by atoms with Gasteiger partial charge in [0.15, 0.2) is 0 Å². The molecule has 0 N–H and O–H groups in total. The average molecular weight is 158 g/mol. The highest BCUT2D eigenvalue weighted by Crippen LogP contribution is 2.01. The smallest absolute Gasteiger partial charge is 0.0658 e. The molecule has 0 aliphatic carbocycles. The molecule has 0 saturated heterocycles. The molecule has 0 fully saturated rings. The van der Waals surface area contributed by atoms with Crippen molar-refractivity contribution in [2.45, 2.75) is 11.4 Å². The molecule has 0 unspecified atom stereocenters. The topological polar surface area (TPSA) is 27.1 Å². The summed E-state index contributed by atoms with van der Waals surface area (Å²) in [5, 5.41) is 4.01. The third-order valence-electron chi connectivity index (χ3n) is 1.14. The summed E-state index contributed by atoms with van der Waals surface area (Å²) in [5.41, 5.74) is 0. The Labute approximate surface area is 65.4 Å². The van der Waals surface area contributed by atoms with Gasteiger partial charge in [0, 0.05) is 18.2 Å². The SMILES string of the molecule is COCCn1cc(S)cn1. The van der Waals surface area contributed by atoms with Crippen molar-refractivity contribution >= 4 is 12.6 Å². The van der Waals surface area contributed by atoms with E-state index >= 15 is 0 Å². The van der Waals surface area contributed by atoms with Crippen molar-refractivity contribution in [3.8, 4) is 0 Å². The van der Waals surface area contributed by atoms with Gasteiger partial charge in [-0.1, -0.05) is 0 Å². The van der Waals surface area contributed by atoms with Gasteiger partial charge in [-0.05, 0) is 0 Å². The van der Waals surface area contributed by atoms with Crippen molar-refractivity contribution < 1.29 is 4.74 Å². The first-order chi connectivity index (χ1) is 4.83. The monoisotopic (exact) mass is 158 g/mol. The van der Waals surface area contributed by atoms with Crippen molar-refractivity contribution in [2.75, 3.05) is 13.7 Å². The molecule has 0 radical (unpaired) electrons. The minimum atomic E-state index is 0.689. The van der Waals surface area contributed by atoms with Gasteiger partial charge < -0.3 is 4.74 Å². The lowest BCUT2D eigenvalue weighted by Gasteiger charge is -1.97. The highest BCUT2D eigenvalue weighted by molar-refractivity contribution is 7.80. The second-order valence-electron chi connectivity index (χ2n) is 1.95. The Morgan fingerprint density at radius 2 is 2.60 bits per heavy atom. The molecule has 0 aliphatic heterocycles. The maximum absolute atomic E-state index is 4.87. The number of aromatic nitrogens is 2. The van der Waals surface area contributed by atoms with E-state index in [-0.39, 0.29) is 0 Å². The summed E-state index contributed by atoms with van der Waals surface area (Å²) in [7, 11) is 1.67. The first-order valence-corrected chi connectivity index (χ1v) is 3.48. The van der Waals surface area contributed by atoms with Crippen molar-refractivity contribution in [1.29, 1.82) is 0 Å². The normalized spacial score (nSPS) is 10.2. The highest BCUT2D eigenvalue weighted by Gasteiger charge is 1.91. The number of ether oxygens (including phenoxy) is 1. The van der Waals surface area contributed by atoms with Crippen LogP contribution >= 0.6 is 12.6 Å². The first kappa shape index (κ1) is 7.63. The van der Waals surface area contributed by atoms with Crippen LogP contribution in [0.3, 0.4) is 0 Å². The van der Waals surface area contributed by atoms with E-state index in [2.05, 4.69) is 17.7 Å². The van der Waals surface area contributed by atoms with Gasteiger partial charge in [0.1, 0.15) is 0 Å². The summed E-state index contributed by atoms with van der Waals surface area (Å²) in [6, 6.07) is 0. The lowest BCUT2D eigenvalue weighted by Crippen LogP contribution is -2.03. The molecule has 1 rings (SSSR count). The van der Waals surface area contributed by atoms with E-state index in [1.807, 2.05) is 6.20 Å². The van der Waals surface area contributed by atoms with Crippen molar-refractivity contribution in [3.63, 3.8) is 0 Å². The molecule has 3 nitrogen and oxygen atoms in total. The number of hydrogen-bond donors (Lipinski definition) is 1. The average Bonchev–Trinajstić information content (AvgIpc) is 2.31. The Bertz CT molecular complexity index is 199. The second kappa shape index (κ2) is 3.63. The summed E-state index contributed by atoms with van der Waals surface area (Å²) >= 11 is 4.10. The van der Waals surface area contributed by atoms with Crippen molar-refractivity contribution in [1.82, 2.24) is 9.78 Å². The molecule has 1 heterocycles. The lowest BCUT2D eigenvalue weighted by atomic mass is 10.7. The standard InChI is InChI=1S/C6H10N2OS/c1-9-3-2-8-5-6(10)4-7-8/h4-5,10H,2-3H2,1H3. The predicted molar refractivity (Wildman–Crippen MR) is 41.4 cm³/mol. The minimum Gasteiger partial charge on any atom is -0.383 e. The summed E-state index contributed by atoms with van der Waals surface area (Å²) in [5.74, 6) is 0. The van der Waals surface area contributed by atoms with Gasteiger partial charge >= 0.3 is 0 Å². The summed E-state index contributed by atoms with van der Waals surface area (Å²) in [4.78, 5) is 0.885. The van der Waals surface area contributed by atoms with Crippen LogP contribution in [0.1, 0.15) is 0 Å². The van der Waals surface area contributed by atoms with Crippen LogP contribution < -0.4 is 0 Å². The minimum absolute atomic E-state index is 0.689. The Morgan fingerprint density at radius 1 is 1.80 bits per heavy atom. The van der Waals surface area contributed by atoms with Gasteiger partial charge in [-0.3, -0.25) is 4.68 Å². The second-order valence-corrected chi connectivity index (χ2v) is 2.47. The van der Waals surface area contributed by atoms with Crippen LogP contribution in [0.2, 0.25) is 0 Å². The van der Waals surface area contributed by atoms with Crippen LogP contribution in [0.4, 0.5) is 0 Å². The zero-order valence-electron chi connectivity index (χ0n) is 5.82. The molecular weight excluding hydrogens is 148 g/mol. The van der Waals surface area contributed by atoms with Crippen molar-refractivity contribution in [2.24, 2.45) is 0 Å². The fourth-order valence-corrected chi connectivity index (χ4v) is 0.845.